The lowest BCUT2D eigenvalue weighted by Crippen LogP contribution is -2.11. The molecule has 0 spiro atoms. The van der Waals surface area contributed by atoms with Gasteiger partial charge >= 0.3 is 5.97 Å². The summed E-state index contributed by atoms with van der Waals surface area (Å²) in [6.07, 6.45) is 0. The Hall–Kier alpha value is -1.58. The third kappa shape index (κ3) is 3.22. The molecule has 3 nitrogen and oxygen atoms in total. The zero-order chi connectivity index (χ0) is 12.1. The molecule has 0 unspecified atom stereocenters. The van der Waals surface area contributed by atoms with Crippen molar-refractivity contribution in [2.75, 3.05) is 13.7 Å². The molecule has 0 aliphatic rings. The van der Waals surface area contributed by atoms with Crippen LogP contribution in [-0.4, -0.2) is 19.7 Å². The third-order valence-corrected chi connectivity index (χ3v) is 1.94. The highest BCUT2D eigenvalue weighted by Gasteiger charge is 2.14. The molecule has 1 aromatic rings. The van der Waals surface area contributed by atoms with E-state index in [0.29, 0.717) is 5.75 Å². The summed E-state index contributed by atoms with van der Waals surface area (Å²) in [6, 6.07) is 4.04. The third-order valence-electron chi connectivity index (χ3n) is 1.94. The number of benzene rings is 1. The fraction of sp³-hybridized carbons (Fsp3) is 0.417. The molecular weight excluding hydrogens is 211 g/mol. The second-order valence-electron chi connectivity index (χ2n) is 3.84. The monoisotopic (exact) mass is 226 g/mol. The Morgan fingerprint density at radius 1 is 1.44 bits per heavy atom. The molecule has 0 saturated heterocycles. The number of carbonyl (C=O) groups excluding carboxylic acids is 1. The maximum Gasteiger partial charge on any atom is 0.341 e. The number of hydrogen-bond acceptors (Lipinski definition) is 3. The van der Waals surface area contributed by atoms with Gasteiger partial charge in [-0.05, 0) is 18.1 Å². The smallest absolute Gasteiger partial charge is 0.341 e. The van der Waals surface area contributed by atoms with Crippen molar-refractivity contribution in [1.82, 2.24) is 0 Å². The summed E-state index contributed by atoms with van der Waals surface area (Å²) in [4.78, 5) is 11.5. The quantitative estimate of drug-likeness (QED) is 0.740. The molecule has 4 heteroatoms. The summed E-state index contributed by atoms with van der Waals surface area (Å²) in [5.41, 5.74) is -0.0681. The van der Waals surface area contributed by atoms with Crippen LogP contribution in [0.25, 0.3) is 0 Å². The Balaban J connectivity index is 2.76. The van der Waals surface area contributed by atoms with Crippen molar-refractivity contribution in [3.63, 3.8) is 0 Å². The van der Waals surface area contributed by atoms with Crippen LogP contribution < -0.4 is 4.74 Å². The van der Waals surface area contributed by atoms with Gasteiger partial charge in [0.1, 0.15) is 11.6 Å². The maximum atomic E-state index is 13.4. The van der Waals surface area contributed by atoms with Crippen molar-refractivity contribution in [3.05, 3.63) is 29.6 Å². The van der Waals surface area contributed by atoms with E-state index < -0.39 is 11.8 Å². The summed E-state index contributed by atoms with van der Waals surface area (Å²) in [5, 5.41) is 0. The van der Waals surface area contributed by atoms with Gasteiger partial charge in [0.05, 0.1) is 19.3 Å². The van der Waals surface area contributed by atoms with E-state index in [4.69, 9.17) is 9.47 Å². The van der Waals surface area contributed by atoms with E-state index in [1.165, 1.54) is 19.2 Å². The fourth-order valence-corrected chi connectivity index (χ4v) is 1.11. The maximum absolute atomic E-state index is 13.4. The minimum atomic E-state index is -0.645. The van der Waals surface area contributed by atoms with Crippen LogP contribution in [0.5, 0.6) is 5.75 Å². The lowest BCUT2D eigenvalue weighted by Gasteiger charge is -2.08. The van der Waals surface area contributed by atoms with Crippen LogP contribution in [0.15, 0.2) is 18.2 Å². The first kappa shape index (κ1) is 12.5. The van der Waals surface area contributed by atoms with E-state index in [-0.39, 0.29) is 18.1 Å². The molecule has 0 aliphatic heterocycles. The van der Waals surface area contributed by atoms with Crippen LogP contribution in [0, 0.1) is 11.7 Å². The number of carbonyl (C=O) groups is 1. The molecule has 0 aliphatic carbocycles. The predicted molar refractivity (Wildman–Crippen MR) is 58.1 cm³/mol. The van der Waals surface area contributed by atoms with Gasteiger partial charge in [0.25, 0.3) is 0 Å². The van der Waals surface area contributed by atoms with Gasteiger partial charge in [-0.15, -0.1) is 0 Å². The average molecular weight is 226 g/mol. The number of halogens is 1. The van der Waals surface area contributed by atoms with Crippen molar-refractivity contribution in [1.29, 1.82) is 0 Å². The predicted octanol–water partition coefficient (Wildman–Crippen LogP) is 2.65. The lowest BCUT2D eigenvalue weighted by atomic mass is 10.2. The Morgan fingerprint density at radius 3 is 2.62 bits per heavy atom. The molecule has 0 heterocycles. The Morgan fingerprint density at radius 2 is 2.12 bits per heavy atom. The normalized spacial score (nSPS) is 10.3. The summed E-state index contributed by atoms with van der Waals surface area (Å²) >= 11 is 0. The van der Waals surface area contributed by atoms with Gasteiger partial charge in [-0.3, -0.25) is 0 Å². The van der Waals surface area contributed by atoms with E-state index in [2.05, 4.69) is 0 Å². The van der Waals surface area contributed by atoms with Crippen LogP contribution in [0.1, 0.15) is 24.2 Å². The topological polar surface area (TPSA) is 35.5 Å². The number of methoxy groups -OCH3 is 1. The van der Waals surface area contributed by atoms with E-state index in [1.54, 1.807) is 0 Å². The van der Waals surface area contributed by atoms with Crippen molar-refractivity contribution < 1.29 is 18.7 Å². The molecule has 0 atom stereocenters. The van der Waals surface area contributed by atoms with Gasteiger partial charge in [-0.1, -0.05) is 13.8 Å². The largest absolute Gasteiger partial charge is 0.497 e. The molecule has 0 amide bonds. The lowest BCUT2D eigenvalue weighted by molar-refractivity contribution is 0.0453. The highest BCUT2D eigenvalue weighted by Crippen LogP contribution is 2.17. The first-order chi connectivity index (χ1) is 7.54. The van der Waals surface area contributed by atoms with Gasteiger partial charge in [-0.25, -0.2) is 9.18 Å². The molecule has 1 aromatic carbocycles. The first-order valence-corrected chi connectivity index (χ1v) is 5.05. The van der Waals surface area contributed by atoms with Crippen LogP contribution in [0.3, 0.4) is 0 Å². The van der Waals surface area contributed by atoms with E-state index >= 15 is 0 Å². The molecule has 0 bridgehead atoms. The van der Waals surface area contributed by atoms with Gasteiger partial charge in [0.2, 0.25) is 0 Å². The van der Waals surface area contributed by atoms with E-state index in [9.17, 15) is 9.18 Å². The molecular formula is C12H15FO3. The minimum absolute atomic E-state index is 0.0681. The second-order valence-corrected chi connectivity index (χ2v) is 3.84. The number of rotatable bonds is 4. The van der Waals surface area contributed by atoms with E-state index in [1.807, 2.05) is 13.8 Å². The number of esters is 1. The van der Waals surface area contributed by atoms with Gasteiger partial charge < -0.3 is 9.47 Å². The summed E-state index contributed by atoms with van der Waals surface area (Å²) in [5.74, 6) is -0.676. The fourth-order valence-electron chi connectivity index (χ4n) is 1.11. The van der Waals surface area contributed by atoms with Crippen LogP contribution in [0.4, 0.5) is 4.39 Å². The zero-order valence-corrected chi connectivity index (χ0v) is 9.62. The highest BCUT2D eigenvalue weighted by atomic mass is 19.1. The Bertz CT molecular complexity index is 375. The molecule has 0 saturated carbocycles. The van der Waals surface area contributed by atoms with Crippen molar-refractivity contribution in [3.8, 4) is 5.75 Å². The van der Waals surface area contributed by atoms with Gasteiger partial charge in [-0.2, -0.15) is 0 Å². The summed E-state index contributed by atoms with van der Waals surface area (Å²) in [7, 11) is 1.44. The molecule has 0 fully saturated rings. The standard InChI is InChI=1S/C12H15FO3/c1-8(2)7-16-12(14)10-5-4-9(15-3)6-11(10)13/h4-6,8H,7H2,1-3H3. The zero-order valence-electron chi connectivity index (χ0n) is 9.62. The Kier molecular flexibility index (Phi) is 4.28. The van der Waals surface area contributed by atoms with Crippen LogP contribution >= 0.6 is 0 Å². The van der Waals surface area contributed by atoms with Gasteiger partial charge in [0, 0.05) is 6.07 Å². The molecule has 16 heavy (non-hydrogen) atoms. The van der Waals surface area contributed by atoms with Crippen LogP contribution in [-0.2, 0) is 4.74 Å². The van der Waals surface area contributed by atoms with E-state index in [0.717, 1.165) is 6.07 Å². The van der Waals surface area contributed by atoms with Crippen molar-refractivity contribution in [2.24, 2.45) is 5.92 Å². The minimum Gasteiger partial charge on any atom is -0.497 e. The molecule has 0 N–H and O–H groups in total. The molecule has 1 rings (SSSR count). The summed E-state index contributed by atoms with van der Waals surface area (Å²) in [6.45, 7) is 4.11. The Labute approximate surface area is 94.2 Å². The number of ether oxygens (including phenoxy) is 2. The number of hydrogen-bond donors (Lipinski definition) is 0. The van der Waals surface area contributed by atoms with Crippen molar-refractivity contribution in [2.45, 2.75) is 13.8 Å². The van der Waals surface area contributed by atoms with Gasteiger partial charge in [0.15, 0.2) is 0 Å². The summed E-state index contributed by atoms with van der Waals surface area (Å²) < 4.78 is 23.2. The molecule has 0 radical (unpaired) electrons. The average Bonchev–Trinajstić information content (AvgIpc) is 2.25. The SMILES string of the molecule is COc1ccc(C(=O)OCC(C)C)c(F)c1. The highest BCUT2D eigenvalue weighted by molar-refractivity contribution is 5.89. The van der Waals surface area contributed by atoms with Crippen molar-refractivity contribution >= 4 is 5.97 Å². The molecule has 0 aromatic heterocycles. The first-order valence-electron chi connectivity index (χ1n) is 5.05. The van der Waals surface area contributed by atoms with Crippen LogP contribution in [0.2, 0.25) is 0 Å². The second kappa shape index (κ2) is 5.49. The molecule has 88 valence electrons.